The zero-order valence-electron chi connectivity index (χ0n) is 17.4. The summed E-state index contributed by atoms with van der Waals surface area (Å²) >= 11 is 0. The third kappa shape index (κ3) is 3.01. The van der Waals surface area contributed by atoms with Crippen molar-refractivity contribution in [2.45, 2.75) is 26.7 Å². The highest BCUT2D eigenvalue weighted by Crippen LogP contribution is 2.44. The molecule has 0 radical (unpaired) electrons. The number of benzene rings is 2. The summed E-state index contributed by atoms with van der Waals surface area (Å²) in [6.07, 6.45) is 1.03. The van der Waals surface area contributed by atoms with E-state index in [1.807, 2.05) is 19.9 Å². The van der Waals surface area contributed by atoms with Gasteiger partial charge in [-0.15, -0.1) is 0 Å². The number of methoxy groups -OCH3 is 1. The van der Waals surface area contributed by atoms with Gasteiger partial charge in [0.2, 0.25) is 5.91 Å². The van der Waals surface area contributed by atoms with Crippen LogP contribution in [0.25, 0.3) is 22.0 Å². The molecule has 0 saturated carbocycles. The largest absolute Gasteiger partial charge is 0.494 e. The molecule has 0 fully saturated rings. The van der Waals surface area contributed by atoms with E-state index in [4.69, 9.17) is 10.5 Å². The van der Waals surface area contributed by atoms with Crippen molar-refractivity contribution in [3.63, 3.8) is 0 Å². The second kappa shape index (κ2) is 6.86. The Morgan fingerprint density at radius 2 is 1.97 bits per heavy atom. The van der Waals surface area contributed by atoms with Crippen LogP contribution in [-0.2, 0) is 6.42 Å². The van der Waals surface area contributed by atoms with Gasteiger partial charge in [0.15, 0.2) is 11.6 Å². The van der Waals surface area contributed by atoms with Crippen LogP contribution in [0.15, 0.2) is 30.3 Å². The Kier molecular flexibility index (Phi) is 4.56. The molecule has 3 N–H and O–H groups in total. The number of primary amides is 1. The number of carbonyl (C=O) groups is 2. The summed E-state index contributed by atoms with van der Waals surface area (Å²) in [5.41, 5.74) is 9.20. The van der Waals surface area contributed by atoms with Crippen molar-refractivity contribution in [3.8, 4) is 16.9 Å². The van der Waals surface area contributed by atoms with Gasteiger partial charge in [-0.2, -0.15) is 0 Å². The van der Waals surface area contributed by atoms with E-state index in [0.717, 1.165) is 22.2 Å². The molecule has 6 nitrogen and oxygen atoms in total. The van der Waals surface area contributed by atoms with E-state index >= 15 is 0 Å². The number of carbonyl (C=O) groups excluding carboxylic acids is 2. The minimum atomic E-state index is -0.533. The average molecular weight is 409 g/mol. The first-order valence-electron chi connectivity index (χ1n) is 9.73. The van der Waals surface area contributed by atoms with Crippen molar-refractivity contribution in [2.75, 3.05) is 19.5 Å². The van der Waals surface area contributed by atoms with Crippen LogP contribution in [0.1, 0.15) is 41.1 Å². The average Bonchev–Trinajstić information content (AvgIpc) is 2.98. The van der Waals surface area contributed by atoms with Crippen molar-refractivity contribution in [2.24, 2.45) is 11.1 Å². The lowest BCUT2D eigenvalue weighted by Crippen LogP contribution is -2.31. The van der Waals surface area contributed by atoms with Crippen LogP contribution < -0.4 is 15.8 Å². The number of nitrogens with two attached hydrogens (primary N) is 1. The van der Waals surface area contributed by atoms with Crippen LogP contribution in [0.3, 0.4) is 0 Å². The Bertz CT molecular complexity index is 1210. The first kappa shape index (κ1) is 19.9. The van der Waals surface area contributed by atoms with Gasteiger partial charge in [-0.05, 0) is 35.6 Å². The minimum absolute atomic E-state index is 0.0651. The third-order valence-corrected chi connectivity index (χ3v) is 5.71. The van der Waals surface area contributed by atoms with Gasteiger partial charge in [0, 0.05) is 41.9 Å². The normalized spacial score (nSPS) is 15.2. The van der Waals surface area contributed by atoms with Crippen LogP contribution in [0, 0.1) is 11.2 Å². The quantitative estimate of drug-likeness (QED) is 0.676. The van der Waals surface area contributed by atoms with Crippen LogP contribution in [-0.4, -0.2) is 30.5 Å². The summed E-state index contributed by atoms with van der Waals surface area (Å²) in [5, 5.41) is 3.73. The molecule has 30 heavy (non-hydrogen) atoms. The van der Waals surface area contributed by atoms with E-state index in [-0.39, 0.29) is 17.1 Å². The Hall–Kier alpha value is -3.35. The first-order valence-corrected chi connectivity index (χ1v) is 9.73. The minimum Gasteiger partial charge on any atom is -0.494 e. The predicted molar refractivity (Wildman–Crippen MR) is 115 cm³/mol. The number of nitrogens with zero attached hydrogens (tertiary/aromatic N) is 1. The number of fused-ring (bicyclic) bond motifs is 3. The number of aromatic nitrogens is 1. The molecule has 1 aromatic heterocycles. The molecule has 2 heterocycles. The number of anilines is 1. The molecule has 156 valence electrons. The summed E-state index contributed by atoms with van der Waals surface area (Å²) in [5.74, 6) is -1.00. The smallest absolute Gasteiger partial charge is 0.250 e. The number of ether oxygens (including phenoxy) is 1. The lowest BCUT2D eigenvalue weighted by molar-refractivity contribution is 0.0816. The molecule has 2 aromatic carbocycles. The summed E-state index contributed by atoms with van der Waals surface area (Å²) in [4.78, 5) is 24.8. The van der Waals surface area contributed by atoms with Gasteiger partial charge in [0.25, 0.3) is 5.91 Å². The second-order valence-electron chi connectivity index (χ2n) is 8.45. The maximum atomic E-state index is 14.5. The summed E-state index contributed by atoms with van der Waals surface area (Å²) in [6.45, 7) is 4.10. The molecule has 0 unspecified atom stereocenters. The number of amides is 1. The van der Waals surface area contributed by atoms with Crippen molar-refractivity contribution in [1.29, 1.82) is 0 Å². The van der Waals surface area contributed by atoms with Crippen molar-refractivity contribution in [3.05, 3.63) is 47.4 Å². The number of nitrogens with one attached hydrogen (secondary N) is 1. The molecule has 1 aliphatic rings. The van der Waals surface area contributed by atoms with Crippen molar-refractivity contribution < 1.29 is 18.7 Å². The number of hydrogen-bond donors (Lipinski definition) is 2. The molecule has 3 aromatic rings. The van der Waals surface area contributed by atoms with Gasteiger partial charge in [0.1, 0.15) is 0 Å². The van der Waals surface area contributed by atoms with Gasteiger partial charge in [-0.1, -0.05) is 19.9 Å². The fraction of sp³-hybridized carbons (Fsp3) is 0.304. The van der Waals surface area contributed by atoms with Gasteiger partial charge in [-0.3, -0.25) is 14.2 Å². The van der Waals surface area contributed by atoms with E-state index in [9.17, 15) is 14.0 Å². The van der Waals surface area contributed by atoms with E-state index in [1.54, 1.807) is 29.8 Å². The highest BCUT2D eigenvalue weighted by Gasteiger charge is 2.35. The van der Waals surface area contributed by atoms with Crippen molar-refractivity contribution >= 4 is 28.4 Å². The lowest BCUT2D eigenvalue weighted by atomic mass is 9.80. The van der Waals surface area contributed by atoms with Crippen LogP contribution in [0.5, 0.6) is 5.75 Å². The van der Waals surface area contributed by atoms with E-state index in [2.05, 4.69) is 5.32 Å². The fourth-order valence-electron chi connectivity index (χ4n) is 4.40. The molecule has 1 aliphatic heterocycles. The Balaban J connectivity index is 2.09. The van der Waals surface area contributed by atoms with Crippen LogP contribution >= 0.6 is 0 Å². The van der Waals surface area contributed by atoms with E-state index in [1.165, 1.54) is 13.2 Å². The molecule has 1 amide bonds. The fourth-order valence-corrected chi connectivity index (χ4v) is 4.40. The Labute approximate surface area is 173 Å². The molecule has 0 saturated heterocycles. The maximum Gasteiger partial charge on any atom is 0.250 e. The highest BCUT2D eigenvalue weighted by molar-refractivity contribution is 6.06. The zero-order valence-corrected chi connectivity index (χ0v) is 17.4. The Morgan fingerprint density at radius 3 is 2.60 bits per heavy atom. The summed E-state index contributed by atoms with van der Waals surface area (Å²) in [6, 6.07) is 8.28. The van der Waals surface area contributed by atoms with E-state index in [0.29, 0.717) is 29.6 Å². The molecule has 7 heteroatoms. The van der Waals surface area contributed by atoms with Crippen molar-refractivity contribution in [1.82, 2.24) is 4.57 Å². The molecular formula is C23H24FN3O3. The first-order chi connectivity index (χ1) is 14.2. The monoisotopic (exact) mass is 409 g/mol. The summed E-state index contributed by atoms with van der Waals surface area (Å²) in [7, 11) is 3.12. The standard InChI is InChI=1S/C23H24FN3O3/c1-23(2)10-18-21(12-5-6-13(22(25)29)16(7-12)26-3)14-8-19(30-4)15(24)9-17(14)27(18)20(28)11-23/h5-9,26H,10-11H2,1-4H3,(H2,25,29). The molecular weight excluding hydrogens is 385 g/mol. The zero-order chi connectivity index (χ0) is 21.8. The number of hydrogen-bond acceptors (Lipinski definition) is 4. The van der Waals surface area contributed by atoms with E-state index < -0.39 is 11.7 Å². The van der Waals surface area contributed by atoms with Gasteiger partial charge < -0.3 is 15.8 Å². The van der Waals surface area contributed by atoms with Crippen LogP contribution in [0.2, 0.25) is 0 Å². The van der Waals surface area contributed by atoms with Gasteiger partial charge in [0.05, 0.1) is 18.2 Å². The highest BCUT2D eigenvalue weighted by atomic mass is 19.1. The predicted octanol–water partition coefficient (Wildman–Crippen LogP) is 4.21. The maximum absolute atomic E-state index is 14.5. The topological polar surface area (TPSA) is 86.3 Å². The molecule has 0 atom stereocenters. The molecule has 4 rings (SSSR count). The number of halogens is 1. The summed E-state index contributed by atoms with van der Waals surface area (Å²) < 4.78 is 21.4. The van der Waals surface area contributed by atoms with Crippen LogP contribution in [0.4, 0.5) is 10.1 Å². The molecule has 0 spiro atoms. The lowest BCUT2D eigenvalue weighted by Gasteiger charge is -2.30. The Morgan fingerprint density at radius 1 is 1.23 bits per heavy atom. The molecule has 0 aliphatic carbocycles. The number of rotatable bonds is 4. The van der Waals surface area contributed by atoms with Gasteiger partial charge >= 0.3 is 0 Å². The third-order valence-electron chi connectivity index (χ3n) is 5.71. The SMILES string of the molecule is CNc1cc(-c2c3n(c4cc(F)c(OC)cc24)C(=O)CC(C)(C)C3)ccc1C(N)=O. The van der Waals surface area contributed by atoms with Gasteiger partial charge in [-0.25, -0.2) is 4.39 Å². The molecule has 0 bridgehead atoms. The second-order valence-corrected chi connectivity index (χ2v) is 8.45.